The van der Waals surface area contributed by atoms with Gasteiger partial charge >= 0.3 is 6.03 Å². The van der Waals surface area contributed by atoms with E-state index in [0.29, 0.717) is 13.1 Å². The fourth-order valence-corrected chi connectivity index (χ4v) is 0.542. The van der Waals surface area contributed by atoms with Crippen LogP contribution in [0.1, 0.15) is 0 Å². The summed E-state index contributed by atoms with van der Waals surface area (Å²) >= 11 is 0. The molecule has 0 spiro atoms. The van der Waals surface area contributed by atoms with Crippen molar-refractivity contribution in [1.29, 1.82) is 0 Å². The number of urea groups is 1. The Morgan fingerprint density at radius 3 is 2.00 bits per heavy atom. The molecule has 0 heterocycles. The van der Waals surface area contributed by atoms with Gasteiger partial charge in [0.25, 0.3) is 0 Å². The van der Waals surface area contributed by atoms with Gasteiger partial charge in [-0.3, -0.25) is 0 Å². The van der Waals surface area contributed by atoms with Crippen LogP contribution in [0.3, 0.4) is 0 Å². The van der Waals surface area contributed by atoms with Crippen molar-refractivity contribution < 1.29 is 4.79 Å². The van der Waals surface area contributed by atoms with E-state index in [4.69, 9.17) is 5.73 Å². The first-order valence-electron chi connectivity index (χ1n) is 2.92. The van der Waals surface area contributed by atoms with Crippen molar-refractivity contribution in [2.75, 3.05) is 13.1 Å². The molecule has 0 atom stereocenters. The summed E-state index contributed by atoms with van der Waals surface area (Å²) in [5.74, 6) is 0. The largest absolute Gasteiger partial charge is 0.362 e. The molecule has 3 heteroatoms. The molecule has 0 unspecified atom stereocenters. The third-order valence-electron chi connectivity index (χ3n) is 0.969. The Morgan fingerprint density at radius 2 is 1.80 bits per heavy atom. The van der Waals surface area contributed by atoms with Crippen LogP contribution in [0.4, 0.5) is 4.79 Å². The van der Waals surface area contributed by atoms with Crippen molar-refractivity contribution >= 4 is 6.03 Å². The van der Waals surface area contributed by atoms with E-state index < -0.39 is 6.03 Å². The summed E-state index contributed by atoms with van der Waals surface area (Å²) in [7, 11) is 0. The molecule has 0 aliphatic carbocycles. The summed E-state index contributed by atoms with van der Waals surface area (Å²) in [6.07, 6.45) is 3.08. The average molecular weight is 138 g/mol. The summed E-state index contributed by atoms with van der Waals surface area (Å²) in [5, 5.41) is 0. The minimum atomic E-state index is -0.945. The molecule has 0 saturated heterocycles. The van der Waals surface area contributed by atoms with Gasteiger partial charge in [0.2, 0.25) is 0 Å². The number of amides is 2. The summed E-state index contributed by atoms with van der Waals surface area (Å²) in [4.78, 5) is 11.5. The molecule has 0 saturated carbocycles. The normalized spacial score (nSPS) is 8.40. The first-order valence-corrected chi connectivity index (χ1v) is 2.92. The average Bonchev–Trinajstić information content (AvgIpc) is 1.87. The summed E-state index contributed by atoms with van der Waals surface area (Å²) < 4.78 is 0. The number of hydrogen-bond acceptors (Lipinski definition) is 1. The fraction of sp³-hybridized carbons (Fsp3) is 0.286. The minimum Gasteiger partial charge on any atom is -0.314 e. The maximum absolute atomic E-state index is 10.3. The van der Waals surface area contributed by atoms with E-state index in [1.165, 1.54) is 17.1 Å². The number of carbonyl (C=O) groups excluding carboxylic acids is 1. The highest BCUT2D eigenvalue weighted by Crippen LogP contribution is 1.88. The lowest BCUT2D eigenvalue weighted by atomic mass is 10.5. The molecular formula is C7H10N2O. The van der Waals surface area contributed by atoms with Crippen LogP contribution in [-0.2, 0) is 0 Å². The van der Waals surface area contributed by atoms with Gasteiger partial charge in [-0.2, -0.15) is 0 Å². The smallest absolute Gasteiger partial charge is 0.314 e. The molecule has 0 rings (SSSR count). The van der Waals surface area contributed by atoms with Gasteiger partial charge in [-0.25, -0.2) is 4.79 Å². The third kappa shape index (κ3) is 2.91. The zero-order valence-electron chi connectivity index (χ0n) is 5.79. The summed E-state index contributed by atoms with van der Waals surface area (Å²) in [6, 6.07) is -0.945. The maximum Gasteiger partial charge on any atom is 0.362 e. The Labute approximate surface area is 60.8 Å². The molecule has 0 aromatic heterocycles. The van der Waals surface area contributed by atoms with Crippen molar-refractivity contribution in [3.63, 3.8) is 0 Å². The van der Waals surface area contributed by atoms with Gasteiger partial charge in [-0.05, 0) is 0 Å². The van der Waals surface area contributed by atoms with Gasteiger partial charge in [-0.1, -0.05) is 17.9 Å². The summed E-state index contributed by atoms with van der Waals surface area (Å²) in [6.45, 7) is 7.55. The molecule has 2 amide bonds. The van der Waals surface area contributed by atoms with Gasteiger partial charge in [0.1, 0.15) is 0 Å². The van der Waals surface area contributed by atoms with Crippen molar-refractivity contribution in [2.24, 2.45) is 0 Å². The monoisotopic (exact) mass is 138 g/mol. The molecule has 0 fully saturated rings. The zero-order chi connectivity index (χ0) is 7.98. The van der Waals surface area contributed by atoms with Crippen LogP contribution < -0.4 is 5.73 Å². The lowest BCUT2D eigenvalue weighted by Crippen LogP contribution is -2.30. The van der Waals surface area contributed by atoms with E-state index in [0.717, 1.165) is 0 Å². The highest BCUT2D eigenvalue weighted by Gasteiger charge is 2.05. The molecule has 2 radical (unpaired) electrons. The van der Waals surface area contributed by atoms with Gasteiger partial charge in [0, 0.05) is 13.1 Å². The van der Waals surface area contributed by atoms with E-state index >= 15 is 0 Å². The van der Waals surface area contributed by atoms with Crippen molar-refractivity contribution in [3.8, 4) is 0 Å². The van der Waals surface area contributed by atoms with Crippen molar-refractivity contribution in [2.45, 2.75) is 0 Å². The zero-order valence-corrected chi connectivity index (χ0v) is 5.79. The van der Waals surface area contributed by atoms with Gasteiger partial charge in [0.15, 0.2) is 0 Å². The first-order chi connectivity index (χ1) is 4.72. The van der Waals surface area contributed by atoms with Crippen molar-refractivity contribution in [1.82, 2.24) is 10.6 Å². The molecule has 3 nitrogen and oxygen atoms in total. The highest BCUT2D eigenvalue weighted by atomic mass is 16.2. The van der Waals surface area contributed by atoms with E-state index in [-0.39, 0.29) is 0 Å². The Kier molecular flexibility index (Phi) is 4.04. The van der Waals surface area contributed by atoms with Crippen LogP contribution in [0.2, 0.25) is 0 Å². The predicted molar refractivity (Wildman–Crippen MR) is 39.5 cm³/mol. The van der Waals surface area contributed by atoms with Gasteiger partial charge < -0.3 is 4.90 Å². The number of nitrogens with zero attached hydrogens (tertiary/aromatic N) is 2. The second kappa shape index (κ2) is 4.61. The number of carbonyl (C=O) groups is 1. The van der Waals surface area contributed by atoms with E-state index in [2.05, 4.69) is 13.2 Å². The molecule has 54 valence electrons. The lowest BCUT2D eigenvalue weighted by molar-refractivity contribution is 0.216. The Bertz CT molecular complexity index is 133. The first kappa shape index (κ1) is 8.75. The second-order valence-electron chi connectivity index (χ2n) is 1.76. The maximum atomic E-state index is 10.3. The Hall–Kier alpha value is -1.25. The molecular weight excluding hydrogens is 128 g/mol. The molecule has 0 aromatic carbocycles. The highest BCUT2D eigenvalue weighted by molar-refractivity contribution is 5.71. The molecule has 0 bridgehead atoms. The molecule has 0 N–H and O–H groups in total. The molecule has 0 aromatic rings. The van der Waals surface area contributed by atoms with E-state index in [1.807, 2.05) is 0 Å². The van der Waals surface area contributed by atoms with Crippen LogP contribution in [0.5, 0.6) is 0 Å². The summed E-state index contributed by atoms with van der Waals surface area (Å²) in [5.41, 5.74) is 8.47. The van der Waals surface area contributed by atoms with Crippen LogP contribution in [-0.4, -0.2) is 24.0 Å². The van der Waals surface area contributed by atoms with Crippen LogP contribution in [0, 0.1) is 0 Å². The molecule has 10 heavy (non-hydrogen) atoms. The Balaban J connectivity index is 3.83. The molecule has 0 aliphatic rings. The Morgan fingerprint density at radius 1 is 1.40 bits per heavy atom. The SMILES string of the molecule is C=CCN(CC=C)C([N])=O. The van der Waals surface area contributed by atoms with Crippen LogP contribution in [0.25, 0.3) is 0 Å². The third-order valence-corrected chi connectivity index (χ3v) is 0.969. The predicted octanol–water partition coefficient (Wildman–Crippen LogP) is 0.849. The van der Waals surface area contributed by atoms with Crippen molar-refractivity contribution in [3.05, 3.63) is 25.3 Å². The lowest BCUT2D eigenvalue weighted by Gasteiger charge is -2.13. The van der Waals surface area contributed by atoms with E-state index in [9.17, 15) is 4.79 Å². The molecule has 0 aliphatic heterocycles. The standard InChI is InChI=1S/C7H10N2O/c1-3-5-9(6-4-2)7(8)10/h3-4H,1-2,5-6H2. The fourth-order valence-electron chi connectivity index (χ4n) is 0.542. The van der Waals surface area contributed by atoms with Gasteiger partial charge in [-0.15, -0.1) is 13.2 Å². The second-order valence-corrected chi connectivity index (χ2v) is 1.76. The topological polar surface area (TPSA) is 42.6 Å². The van der Waals surface area contributed by atoms with E-state index in [1.54, 1.807) is 0 Å². The number of rotatable bonds is 4. The minimum absolute atomic E-state index is 0.349. The van der Waals surface area contributed by atoms with Crippen LogP contribution >= 0.6 is 0 Å². The van der Waals surface area contributed by atoms with Gasteiger partial charge in [0.05, 0.1) is 0 Å². The van der Waals surface area contributed by atoms with Crippen LogP contribution in [0.15, 0.2) is 25.3 Å². The quantitative estimate of drug-likeness (QED) is 0.531. The number of hydrogen-bond donors (Lipinski definition) is 0.